The first-order valence-electron chi connectivity index (χ1n) is 6.20. The molecule has 2 aromatic carbocycles. The molecular formula is C15H13Cl2NO3. The Morgan fingerprint density at radius 3 is 2.33 bits per heavy atom. The maximum absolute atomic E-state index is 10.8. The SMILES string of the molecule is Cc1cc(Cl)cc(C)c1Oc1ccc([N+](=O)[O-])cc1CCl. The second-order valence-corrected chi connectivity index (χ2v) is 5.36. The third-order valence-electron chi connectivity index (χ3n) is 3.04. The first kappa shape index (κ1) is 15.6. The van der Waals surface area contributed by atoms with Gasteiger partial charge in [0.2, 0.25) is 0 Å². The number of rotatable bonds is 4. The minimum Gasteiger partial charge on any atom is -0.456 e. The van der Waals surface area contributed by atoms with Crippen LogP contribution in [0.25, 0.3) is 0 Å². The Morgan fingerprint density at radius 1 is 1.19 bits per heavy atom. The van der Waals surface area contributed by atoms with Gasteiger partial charge in [-0.2, -0.15) is 0 Å². The number of halogens is 2. The highest BCUT2D eigenvalue weighted by atomic mass is 35.5. The van der Waals surface area contributed by atoms with Crippen LogP contribution in [0.1, 0.15) is 16.7 Å². The zero-order valence-electron chi connectivity index (χ0n) is 11.5. The van der Waals surface area contributed by atoms with Gasteiger partial charge in [-0.15, -0.1) is 11.6 Å². The first-order chi connectivity index (χ1) is 9.92. The Morgan fingerprint density at radius 2 is 1.81 bits per heavy atom. The highest BCUT2D eigenvalue weighted by molar-refractivity contribution is 6.30. The summed E-state index contributed by atoms with van der Waals surface area (Å²) in [5.41, 5.74) is 2.33. The van der Waals surface area contributed by atoms with Crippen LogP contribution < -0.4 is 4.74 Å². The van der Waals surface area contributed by atoms with E-state index >= 15 is 0 Å². The van der Waals surface area contributed by atoms with Gasteiger partial charge in [-0.25, -0.2) is 0 Å². The average Bonchev–Trinajstić information content (AvgIpc) is 2.42. The molecule has 0 heterocycles. The summed E-state index contributed by atoms with van der Waals surface area (Å²) in [6, 6.07) is 7.98. The van der Waals surface area contributed by atoms with Crippen molar-refractivity contribution in [2.45, 2.75) is 19.7 Å². The van der Waals surface area contributed by atoms with Gasteiger partial charge in [0.05, 0.1) is 10.8 Å². The number of nitro benzene ring substituents is 1. The second kappa shape index (κ2) is 6.33. The molecule has 6 heteroatoms. The third kappa shape index (κ3) is 3.46. The fraction of sp³-hybridized carbons (Fsp3) is 0.200. The van der Waals surface area contributed by atoms with E-state index < -0.39 is 4.92 Å². The Hall–Kier alpha value is -1.78. The maximum atomic E-state index is 10.8. The monoisotopic (exact) mass is 325 g/mol. The molecule has 0 aliphatic rings. The number of non-ortho nitro benzene ring substituents is 1. The number of nitro groups is 1. The number of hydrogen-bond donors (Lipinski definition) is 0. The molecule has 0 aliphatic heterocycles. The highest BCUT2D eigenvalue weighted by Crippen LogP contribution is 2.34. The van der Waals surface area contributed by atoms with Crippen molar-refractivity contribution in [3.8, 4) is 11.5 Å². The Labute approximate surface area is 132 Å². The summed E-state index contributed by atoms with van der Waals surface area (Å²) >= 11 is 11.8. The molecule has 0 bridgehead atoms. The minimum absolute atomic E-state index is 0.0115. The molecule has 2 aromatic rings. The number of hydrogen-bond acceptors (Lipinski definition) is 3. The third-order valence-corrected chi connectivity index (χ3v) is 3.54. The van der Waals surface area contributed by atoms with Gasteiger partial charge in [0.15, 0.2) is 0 Å². The molecule has 0 unspecified atom stereocenters. The summed E-state index contributed by atoms with van der Waals surface area (Å²) < 4.78 is 5.89. The van der Waals surface area contributed by atoms with E-state index in [1.165, 1.54) is 12.1 Å². The van der Waals surface area contributed by atoms with Crippen LogP contribution in [0, 0.1) is 24.0 Å². The molecule has 0 saturated carbocycles. The van der Waals surface area contributed by atoms with Crippen molar-refractivity contribution in [3.63, 3.8) is 0 Å². The Bertz CT molecular complexity index is 678. The molecule has 0 aliphatic carbocycles. The van der Waals surface area contributed by atoms with E-state index in [0.717, 1.165) is 11.1 Å². The number of alkyl halides is 1. The topological polar surface area (TPSA) is 52.4 Å². The number of aryl methyl sites for hydroxylation is 2. The second-order valence-electron chi connectivity index (χ2n) is 4.65. The lowest BCUT2D eigenvalue weighted by atomic mass is 10.1. The van der Waals surface area contributed by atoms with E-state index in [-0.39, 0.29) is 11.6 Å². The van der Waals surface area contributed by atoms with Gasteiger partial charge in [-0.1, -0.05) is 11.6 Å². The van der Waals surface area contributed by atoms with Crippen LogP contribution in [0.2, 0.25) is 5.02 Å². The van der Waals surface area contributed by atoms with Crippen LogP contribution >= 0.6 is 23.2 Å². The number of nitrogens with zero attached hydrogens (tertiary/aromatic N) is 1. The summed E-state index contributed by atoms with van der Waals surface area (Å²) in [5, 5.41) is 11.4. The van der Waals surface area contributed by atoms with Crippen LogP contribution in [-0.2, 0) is 5.88 Å². The minimum atomic E-state index is -0.460. The molecular weight excluding hydrogens is 313 g/mol. The van der Waals surface area contributed by atoms with Crippen LogP contribution in [0.3, 0.4) is 0 Å². The zero-order chi connectivity index (χ0) is 15.6. The van der Waals surface area contributed by atoms with Crippen molar-refractivity contribution in [1.29, 1.82) is 0 Å². The predicted molar refractivity (Wildman–Crippen MR) is 83.7 cm³/mol. The lowest BCUT2D eigenvalue weighted by Gasteiger charge is -2.14. The van der Waals surface area contributed by atoms with E-state index in [2.05, 4.69) is 0 Å². The van der Waals surface area contributed by atoms with Crippen molar-refractivity contribution >= 4 is 28.9 Å². The molecule has 110 valence electrons. The van der Waals surface area contributed by atoms with Crippen molar-refractivity contribution in [2.75, 3.05) is 0 Å². The first-order valence-corrected chi connectivity index (χ1v) is 7.11. The predicted octanol–water partition coefficient (Wildman–Crippen LogP) is 5.40. The summed E-state index contributed by atoms with van der Waals surface area (Å²) in [6.07, 6.45) is 0. The van der Waals surface area contributed by atoms with E-state index in [9.17, 15) is 10.1 Å². The van der Waals surface area contributed by atoms with Crippen LogP contribution in [0.15, 0.2) is 30.3 Å². The van der Waals surface area contributed by atoms with Gasteiger partial charge in [-0.3, -0.25) is 10.1 Å². The molecule has 4 nitrogen and oxygen atoms in total. The van der Waals surface area contributed by atoms with Crippen LogP contribution in [-0.4, -0.2) is 4.92 Å². The largest absolute Gasteiger partial charge is 0.456 e. The maximum Gasteiger partial charge on any atom is 0.270 e. The molecule has 21 heavy (non-hydrogen) atoms. The van der Waals surface area contributed by atoms with Gasteiger partial charge < -0.3 is 4.74 Å². The quantitative estimate of drug-likeness (QED) is 0.430. The molecule has 0 radical (unpaired) electrons. The highest BCUT2D eigenvalue weighted by Gasteiger charge is 2.14. The van der Waals surface area contributed by atoms with Crippen LogP contribution in [0.5, 0.6) is 11.5 Å². The van der Waals surface area contributed by atoms with Gasteiger partial charge >= 0.3 is 0 Å². The molecule has 0 spiro atoms. The van der Waals surface area contributed by atoms with Crippen LogP contribution in [0.4, 0.5) is 5.69 Å². The average molecular weight is 326 g/mol. The van der Waals surface area contributed by atoms with Gasteiger partial charge in [0.25, 0.3) is 5.69 Å². The van der Waals surface area contributed by atoms with Crippen molar-refractivity contribution in [1.82, 2.24) is 0 Å². The summed E-state index contributed by atoms with van der Waals surface area (Å²) in [6.45, 7) is 3.78. The van der Waals surface area contributed by atoms with Gasteiger partial charge in [-0.05, 0) is 43.2 Å². The normalized spacial score (nSPS) is 10.5. The zero-order valence-corrected chi connectivity index (χ0v) is 13.0. The Balaban J connectivity index is 2.42. The van der Waals surface area contributed by atoms with Gasteiger partial charge in [0, 0.05) is 22.7 Å². The molecule has 0 saturated heterocycles. The molecule has 0 aromatic heterocycles. The fourth-order valence-corrected chi connectivity index (χ4v) is 2.59. The molecule has 0 amide bonds. The molecule has 0 fully saturated rings. The molecule has 2 rings (SSSR count). The number of benzene rings is 2. The Kier molecular flexibility index (Phi) is 4.70. The molecule has 0 atom stereocenters. The van der Waals surface area contributed by atoms with E-state index in [0.29, 0.717) is 22.1 Å². The smallest absolute Gasteiger partial charge is 0.270 e. The van der Waals surface area contributed by atoms with Crippen molar-refractivity contribution in [2.24, 2.45) is 0 Å². The summed E-state index contributed by atoms with van der Waals surface area (Å²) in [5.74, 6) is 1.31. The van der Waals surface area contributed by atoms with Crippen molar-refractivity contribution in [3.05, 3.63) is 62.2 Å². The standard InChI is InChI=1S/C15H13Cl2NO3/c1-9-5-12(17)6-10(2)15(9)21-14-4-3-13(18(19)20)7-11(14)8-16/h3-7H,8H2,1-2H3. The molecule has 0 N–H and O–H groups in total. The lowest BCUT2D eigenvalue weighted by molar-refractivity contribution is -0.384. The van der Waals surface area contributed by atoms with E-state index in [4.69, 9.17) is 27.9 Å². The fourth-order valence-electron chi connectivity index (χ4n) is 2.05. The van der Waals surface area contributed by atoms with Gasteiger partial charge in [0.1, 0.15) is 11.5 Å². The summed E-state index contributed by atoms with van der Waals surface area (Å²) in [7, 11) is 0. The number of ether oxygens (including phenoxy) is 1. The van der Waals surface area contributed by atoms with E-state index in [1.54, 1.807) is 18.2 Å². The van der Waals surface area contributed by atoms with Crippen molar-refractivity contribution < 1.29 is 9.66 Å². The van der Waals surface area contributed by atoms with E-state index in [1.807, 2.05) is 13.8 Å². The lowest BCUT2D eigenvalue weighted by Crippen LogP contribution is -1.96. The summed E-state index contributed by atoms with van der Waals surface area (Å²) in [4.78, 5) is 10.3.